The summed E-state index contributed by atoms with van der Waals surface area (Å²) < 4.78 is 5.14. The summed E-state index contributed by atoms with van der Waals surface area (Å²) in [6.07, 6.45) is 5.30. The second kappa shape index (κ2) is 5.25. The second-order valence-corrected chi connectivity index (χ2v) is 5.07. The van der Waals surface area contributed by atoms with Crippen LogP contribution in [0.15, 0.2) is 18.5 Å². The number of primary amides is 1. The first-order valence-corrected chi connectivity index (χ1v) is 6.21. The fourth-order valence-corrected chi connectivity index (χ4v) is 2.84. The first-order valence-electron chi connectivity index (χ1n) is 6.21. The van der Waals surface area contributed by atoms with Gasteiger partial charge in [-0.25, -0.2) is 4.79 Å². The molecule has 0 aliphatic heterocycles. The minimum Gasteiger partial charge on any atom is -0.446 e. The van der Waals surface area contributed by atoms with Crippen molar-refractivity contribution in [3.63, 3.8) is 0 Å². The Morgan fingerprint density at radius 3 is 2.89 bits per heavy atom. The van der Waals surface area contributed by atoms with E-state index < -0.39 is 6.09 Å². The Bertz CT molecular complexity index is 436. The number of pyridine rings is 1. The van der Waals surface area contributed by atoms with Crippen LogP contribution in [0.5, 0.6) is 0 Å². The molecule has 1 aliphatic carbocycles. The molecule has 3 unspecified atom stereocenters. The van der Waals surface area contributed by atoms with Crippen LogP contribution in [0.1, 0.15) is 37.7 Å². The Kier molecular flexibility index (Phi) is 3.69. The summed E-state index contributed by atoms with van der Waals surface area (Å²) in [7, 11) is 0. The molecule has 1 aliphatic rings. The van der Waals surface area contributed by atoms with Crippen molar-refractivity contribution < 1.29 is 9.53 Å². The number of anilines is 1. The molecule has 3 atom stereocenters. The Balaban J connectivity index is 2.13. The van der Waals surface area contributed by atoms with Crippen molar-refractivity contribution in [2.45, 2.75) is 38.2 Å². The molecule has 1 fully saturated rings. The lowest BCUT2D eigenvalue weighted by Crippen LogP contribution is -2.30. The summed E-state index contributed by atoms with van der Waals surface area (Å²) in [6.45, 7) is 2.15. The summed E-state index contributed by atoms with van der Waals surface area (Å²) in [5.74, 6) is 0.793. The molecule has 5 heteroatoms. The van der Waals surface area contributed by atoms with Crippen LogP contribution in [0, 0.1) is 5.92 Å². The van der Waals surface area contributed by atoms with Crippen molar-refractivity contribution in [1.82, 2.24) is 4.98 Å². The van der Waals surface area contributed by atoms with Gasteiger partial charge in [-0.05, 0) is 42.7 Å². The van der Waals surface area contributed by atoms with E-state index in [1.807, 2.05) is 6.07 Å². The predicted molar refractivity (Wildman–Crippen MR) is 68.9 cm³/mol. The van der Waals surface area contributed by atoms with Gasteiger partial charge in [-0.1, -0.05) is 6.92 Å². The van der Waals surface area contributed by atoms with Crippen molar-refractivity contribution >= 4 is 11.8 Å². The van der Waals surface area contributed by atoms with Gasteiger partial charge in [-0.15, -0.1) is 0 Å². The molecule has 0 radical (unpaired) electrons. The van der Waals surface area contributed by atoms with Crippen LogP contribution in [0.2, 0.25) is 0 Å². The molecular weight excluding hydrogens is 230 g/mol. The van der Waals surface area contributed by atoms with Crippen molar-refractivity contribution in [3.05, 3.63) is 24.0 Å². The Hall–Kier alpha value is -1.78. The van der Waals surface area contributed by atoms with E-state index in [4.69, 9.17) is 16.2 Å². The zero-order valence-electron chi connectivity index (χ0n) is 10.5. The molecule has 0 spiro atoms. The maximum absolute atomic E-state index is 10.8. The van der Waals surface area contributed by atoms with Gasteiger partial charge in [0.1, 0.15) is 6.10 Å². The Morgan fingerprint density at radius 1 is 1.44 bits per heavy atom. The van der Waals surface area contributed by atoms with Gasteiger partial charge in [0.05, 0.1) is 11.9 Å². The molecule has 18 heavy (non-hydrogen) atoms. The fraction of sp³-hybridized carbons (Fsp3) is 0.538. The van der Waals surface area contributed by atoms with E-state index in [0.717, 1.165) is 24.8 Å². The second-order valence-electron chi connectivity index (χ2n) is 5.07. The maximum atomic E-state index is 10.8. The molecule has 5 nitrogen and oxygen atoms in total. The highest BCUT2D eigenvalue weighted by molar-refractivity contribution is 5.64. The van der Waals surface area contributed by atoms with Crippen molar-refractivity contribution in [3.8, 4) is 0 Å². The third-order valence-electron chi connectivity index (χ3n) is 3.51. The number of rotatable bonds is 2. The molecule has 0 aromatic carbocycles. The predicted octanol–water partition coefficient (Wildman–Crippen LogP) is 2.03. The standard InChI is InChI=1S/C13H19N3O2/c1-8-4-9(6-10(5-8)18-13(15)17)11-2-3-16-7-12(11)14/h2-3,7-10H,4-6,14H2,1H3,(H2,15,17). The molecule has 1 heterocycles. The normalized spacial score (nSPS) is 27.7. The lowest BCUT2D eigenvalue weighted by Gasteiger charge is -2.33. The van der Waals surface area contributed by atoms with Crippen LogP contribution in [0.4, 0.5) is 10.5 Å². The average Bonchev–Trinajstić information content (AvgIpc) is 2.27. The van der Waals surface area contributed by atoms with Gasteiger partial charge in [-0.3, -0.25) is 4.98 Å². The average molecular weight is 249 g/mol. The maximum Gasteiger partial charge on any atom is 0.404 e. The zero-order chi connectivity index (χ0) is 13.1. The van der Waals surface area contributed by atoms with E-state index >= 15 is 0 Å². The number of nitrogens with two attached hydrogens (primary N) is 2. The van der Waals surface area contributed by atoms with Crippen LogP contribution < -0.4 is 11.5 Å². The minimum absolute atomic E-state index is 0.108. The molecule has 1 aromatic rings. The van der Waals surface area contributed by atoms with E-state index in [2.05, 4.69) is 11.9 Å². The van der Waals surface area contributed by atoms with Gasteiger partial charge in [0.25, 0.3) is 0 Å². The summed E-state index contributed by atoms with van der Waals surface area (Å²) in [4.78, 5) is 14.8. The quantitative estimate of drug-likeness (QED) is 0.838. The molecule has 4 N–H and O–H groups in total. The van der Waals surface area contributed by atoms with E-state index in [1.165, 1.54) is 0 Å². The monoisotopic (exact) mass is 249 g/mol. The number of hydrogen-bond donors (Lipinski definition) is 2. The highest BCUT2D eigenvalue weighted by atomic mass is 16.6. The SMILES string of the molecule is CC1CC(OC(N)=O)CC(c2ccncc2N)C1. The summed E-state index contributed by atoms with van der Waals surface area (Å²) in [5, 5.41) is 0. The number of nitrogen functional groups attached to an aromatic ring is 1. The van der Waals surface area contributed by atoms with Crippen molar-refractivity contribution in [2.75, 3.05) is 5.73 Å². The number of hydrogen-bond acceptors (Lipinski definition) is 4. The molecule has 1 amide bonds. The van der Waals surface area contributed by atoms with Gasteiger partial charge in [-0.2, -0.15) is 0 Å². The lowest BCUT2D eigenvalue weighted by molar-refractivity contribution is 0.0619. The van der Waals surface area contributed by atoms with Crippen LogP contribution >= 0.6 is 0 Å². The third kappa shape index (κ3) is 2.91. The van der Waals surface area contributed by atoms with E-state index in [1.54, 1.807) is 12.4 Å². The van der Waals surface area contributed by atoms with Crippen LogP contribution in [-0.4, -0.2) is 17.2 Å². The fourth-order valence-electron chi connectivity index (χ4n) is 2.84. The molecule has 2 rings (SSSR count). The number of carbonyl (C=O) groups is 1. The smallest absolute Gasteiger partial charge is 0.404 e. The first kappa shape index (κ1) is 12.7. The lowest BCUT2D eigenvalue weighted by atomic mass is 9.77. The van der Waals surface area contributed by atoms with Crippen molar-refractivity contribution in [2.24, 2.45) is 11.7 Å². The number of nitrogens with zero attached hydrogens (tertiary/aromatic N) is 1. The first-order chi connectivity index (χ1) is 8.56. The molecule has 1 aromatic heterocycles. The molecular formula is C13H19N3O2. The molecule has 0 saturated heterocycles. The van der Waals surface area contributed by atoms with E-state index in [0.29, 0.717) is 17.5 Å². The third-order valence-corrected chi connectivity index (χ3v) is 3.51. The largest absolute Gasteiger partial charge is 0.446 e. The minimum atomic E-state index is -0.699. The zero-order valence-corrected chi connectivity index (χ0v) is 10.5. The van der Waals surface area contributed by atoms with E-state index in [9.17, 15) is 4.79 Å². The van der Waals surface area contributed by atoms with Crippen LogP contribution in [-0.2, 0) is 4.74 Å². The Morgan fingerprint density at radius 2 is 2.22 bits per heavy atom. The molecule has 1 saturated carbocycles. The van der Waals surface area contributed by atoms with Gasteiger partial charge >= 0.3 is 6.09 Å². The topological polar surface area (TPSA) is 91.2 Å². The molecule has 98 valence electrons. The van der Waals surface area contributed by atoms with Gasteiger partial charge in [0.2, 0.25) is 0 Å². The van der Waals surface area contributed by atoms with E-state index in [-0.39, 0.29) is 6.10 Å². The van der Waals surface area contributed by atoms with Gasteiger partial charge in [0, 0.05) is 6.20 Å². The van der Waals surface area contributed by atoms with Gasteiger partial charge < -0.3 is 16.2 Å². The highest BCUT2D eigenvalue weighted by Crippen LogP contribution is 2.39. The number of carbonyl (C=O) groups excluding carboxylic acids is 1. The highest BCUT2D eigenvalue weighted by Gasteiger charge is 2.30. The number of ether oxygens (including phenoxy) is 1. The Labute approximate surface area is 107 Å². The summed E-state index contributed by atoms with van der Waals surface area (Å²) in [6, 6.07) is 1.94. The van der Waals surface area contributed by atoms with Crippen LogP contribution in [0.25, 0.3) is 0 Å². The molecule has 0 bridgehead atoms. The number of aromatic nitrogens is 1. The van der Waals surface area contributed by atoms with Crippen molar-refractivity contribution in [1.29, 1.82) is 0 Å². The van der Waals surface area contributed by atoms with Crippen LogP contribution in [0.3, 0.4) is 0 Å². The summed E-state index contributed by atoms with van der Waals surface area (Å²) in [5.41, 5.74) is 12.8. The van der Waals surface area contributed by atoms with Gasteiger partial charge in [0.15, 0.2) is 0 Å². The summed E-state index contributed by atoms with van der Waals surface area (Å²) >= 11 is 0. The number of amides is 1.